The fourth-order valence-corrected chi connectivity index (χ4v) is 1.61. The molecule has 4 N–H and O–H groups in total. The van der Waals surface area contributed by atoms with Crippen LogP contribution in [-0.4, -0.2) is 16.1 Å². The molecule has 0 fully saturated rings. The first-order valence-corrected chi connectivity index (χ1v) is 5.69. The van der Waals surface area contributed by atoms with Crippen molar-refractivity contribution in [2.75, 3.05) is 0 Å². The maximum atomic E-state index is 8.97. The number of aliphatic hydroxyl groups excluding tert-OH is 1. The number of nitrogens with two attached hydrogens (primary N) is 1. The van der Waals surface area contributed by atoms with E-state index in [0.717, 1.165) is 5.56 Å². The monoisotopic (exact) mass is 258 g/mol. The SMILES string of the molecule is NC(=NO)c1ccccc1Oc1ccc(CO)cc1. The van der Waals surface area contributed by atoms with Gasteiger partial charge >= 0.3 is 0 Å². The minimum absolute atomic E-state index is 0.0115. The molecule has 5 nitrogen and oxygen atoms in total. The predicted molar refractivity (Wildman–Crippen MR) is 71.4 cm³/mol. The molecule has 2 aromatic carbocycles. The minimum atomic E-state index is -0.0129. The zero-order chi connectivity index (χ0) is 13.7. The van der Waals surface area contributed by atoms with E-state index in [1.54, 1.807) is 48.5 Å². The van der Waals surface area contributed by atoms with Gasteiger partial charge in [-0.1, -0.05) is 29.4 Å². The molecule has 0 bridgehead atoms. The van der Waals surface area contributed by atoms with Crippen molar-refractivity contribution >= 4 is 5.84 Å². The third-order valence-corrected chi connectivity index (χ3v) is 2.60. The molecule has 0 radical (unpaired) electrons. The highest BCUT2D eigenvalue weighted by atomic mass is 16.5. The highest BCUT2D eigenvalue weighted by molar-refractivity contribution is 5.99. The molecule has 0 heterocycles. The minimum Gasteiger partial charge on any atom is -0.457 e. The lowest BCUT2D eigenvalue weighted by molar-refractivity contribution is 0.281. The molecule has 2 rings (SSSR count). The maximum Gasteiger partial charge on any atom is 0.173 e. The Hall–Kier alpha value is -2.53. The summed E-state index contributed by atoms with van der Waals surface area (Å²) >= 11 is 0. The summed E-state index contributed by atoms with van der Waals surface area (Å²) in [7, 11) is 0. The Labute approximate surface area is 110 Å². The molecule has 5 heteroatoms. The zero-order valence-corrected chi connectivity index (χ0v) is 10.2. The molecule has 0 amide bonds. The summed E-state index contributed by atoms with van der Waals surface area (Å²) in [6, 6.07) is 14.0. The number of amidine groups is 1. The molecule has 0 aliphatic heterocycles. The Kier molecular flexibility index (Phi) is 4.00. The fourth-order valence-electron chi connectivity index (χ4n) is 1.61. The number of hydrogen-bond acceptors (Lipinski definition) is 4. The summed E-state index contributed by atoms with van der Waals surface area (Å²) in [5, 5.41) is 20.7. The number of ether oxygens (including phenoxy) is 1. The van der Waals surface area contributed by atoms with E-state index in [4.69, 9.17) is 20.8 Å². The third kappa shape index (κ3) is 3.02. The Balaban J connectivity index is 2.27. The van der Waals surface area contributed by atoms with Crippen LogP contribution in [0, 0.1) is 0 Å². The van der Waals surface area contributed by atoms with Crippen LogP contribution in [0.25, 0.3) is 0 Å². The third-order valence-electron chi connectivity index (χ3n) is 2.60. The van der Waals surface area contributed by atoms with Crippen molar-refractivity contribution in [1.82, 2.24) is 0 Å². The second-order valence-electron chi connectivity index (χ2n) is 3.89. The molecule has 0 saturated heterocycles. The number of oxime groups is 1. The fraction of sp³-hybridized carbons (Fsp3) is 0.0714. The Morgan fingerprint density at radius 1 is 1.11 bits per heavy atom. The van der Waals surface area contributed by atoms with Crippen molar-refractivity contribution < 1.29 is 15.1 Å². The standard InChI is InChI=1S/C14H14N2O3/c15-14(16-18)12-3-1-2-4-13(12)19-11-7-5-10(9-17)6-8-11/h1-8,17-18H,9H2,(H2,15,16). The van der Waals surface area contributed by atoms with Crippen molar-refractivity contribution in [3.8, 4) is 11.5 Å². The van der Waals surface area contributed by atoms with Gasteiger partial charge in [-0.05, 0) is 29.8 Å². The van der Waals surface area contributed by atoms with Gasteiger partial charge in [0.1, 0.15) is 11.5 Å². The van der Waals surface area contributed by atoms with Crippen LogP contribution in [0.5, 0.6) is 11.5 Å². The van der Waals surface area contributed by atoms with Gasteiger partial charge in [0.15, 0.2) is 5.84 Å². The van der Waals surface area contributed by atoms with Crippen LogP contribution in [0.2, 0.25) is 0 Å². The van der Waals surface area contributed by atoms with Gasteiger partial charge in [-0.2, -0.15) is 0 Å². The summed E-state index contributed by atoms with van der Waals surface area (Å²) in [5.41, 5.74) is 6.89. The summed E-state index contributed by atoms with van der Waals surface area (Å²) < 4.78 is 5.68. The lowest BCUT2D eigenvalue weighted by Gasteiger charge is -2.10. The Morgan fingerprint density at radius 3 is 2.42 bits per heavy atom. The first-order chi connectivity index (χ1) is 9.24. The summed E-state index contributed by atoms with van der Waals surface area (Å²) in [6.45, 7) is -0.0129. The number of benzene rings is 2. The van der Waals surface area contributed by atoms with Crippen molar-refractivity contribution in [1.29, 1.82) is 0 Å². The number of nitrogens with zero attached hydrogens (tertiary/aromatic N) is 1. The number of para-hydroxylation sites is 1. The van der Waals surface area contributed by atoms with Gasteiger partial charge in [-0.15, -0.1) is 0 Å². The lowest BCUT2D eigenvalue weighted by atomic mass is 10.2. The van der Waals surface area contributed by atoms with Gasteiger partial charge in [0.05, 0.1) is 12.2 Å². The van der Waals surface area contributed by atoms with Crippen LogP contribution in [0.15, 0.2) is 53.7 Å². The Morgan fingerprint density at radius 2 is 1.79 bits per heavy atom. The molecule has 98 valence electrons. The van der Waals surface area contributed by atoms with E-state index in [1.807, 2.05) is 0 Å². The molecular formula is C14H14N2O3. The largest absolute Gasteiger partial charge is 0.457 e. The average molecular weight is 258 g/mol. The number of aliphatic hydroxyl groups is 1. The maximum absolute atomic E-state index is 8.97. The Bertz CT molecular complexity index is 579. The van der Waals surface area contributed by atoms with Gasteiger partial charge in [0.2, 0.25) is 0 Å². The highest BCUT2D eigenvalue weighted by Crippen LogP contribution is 2.25. The van der Waals surface area contributed by atoms with E-state index in [0.29, 0.717) is 17.1 Å². The number of hydrogen-bond donors (Lipinski definition) is 3. The molecular weight excluding hydrogens is 244 g/mol. The first-order valence-electron chi connectivity index (χ1n) is 5.69. The summed E-state index contributed by atoms with van der Waals surface area (Å²) in [6.07, 6.45) is 0. The first kappa shape index (κ1) is 12.9. The van der Waals surface area contributed by atoms with Crippen LogP contribution in [0.1, 0.15) is 11.1 Å². The molecule has 0 saturated carbocycles. The molecule has 0 atom stereocenters. The van der Waals surface area contributed by atoms with Crippen molar-refractivity contribution in [2.45, 2.75) is 6.61 Å². The molecule has 0 aromatic heterocycles. The van der Waals surface area contributed by atoms with Gasteiger partial charge in [-0.3, -0.25) is 0 Å². The second-order valence-corrected chi connectivity index (χ2v) is 3.89. The predicted octanol–water partition coefficient (Wildman–Crippen LogP) is 2.07. The van der Waals surface area contributed by atoms with E-state index < -0.39 is 0 Å². The van der Waals surface area contributed by atoms with Gasteiger partial charge < -0.3 is 20.8 Å². The van der Waals surface area contributed by atoms with E-state index >= 15 is 0 Å². The summed E-state index contributed by atoms with van der Waals surface area (Å²) in [5.74, 6) is 1.09. The van der Waals surface area contributed by atoms with Crippen LogP contribution in [0.4, 0.5) is 0 Å². The smallest absolute Gasteiger partial charge is 0.173 e. The molecule has 0 spiro atoms. The van der Waals surface area contributed by atoms with Gasteiger partial charge in [0.25, 0.3) is 0 Å². The molecule has 0 aliphatic rings. The van der Waals surface area contributed by atoms with Crippen molar-refractivity contribution in [3.63, 3.8) is 0 Å². The summed E-state index contributed by atoms with van der Waals surface area (Å²) in [4.78, 5) is 0. The van der Waals surface area contributed by atoms with E-state index in [2.05, 4.69) is 5.16 Å². The van der Waals surface area contributed by atoms with Crippen LogP contribution >= 0.6 is 0 Å². The van der Waals surface area contributed by atoms with E-state index in [-0.39, 0.29) is 12.4 Å². The lowest BCUT2D eigenvalue weighted by Crippen LogP contribution is -2.14. The van der Waals surface area contributed by atoms with Crippen LogP contribution in [0.3, 0.4) is 0 Å². The second kappa shape index (κ2) is 5.88. The molecule has 19 heavy (non-hydrogen) atoms. The normalized spacial score (nSPS) is 11.3. The van der Waals surface area contributed by atoms with E-state index in [9.17, 15) is 0 Å². The van der Waals surface area contributed by atoms with Crippen LogP contribution in [-0.2, 0) is 6.61 Å². The highest BCUT2D eigenvalue weighted by Gasteiger charge is 2.08. The molecule has 0 aliphatic carbocycles. The average Bonchev–Trinajstić information content (AvgIpc) is 2.48. The van der Waals surface area contributed by atoms with Crippen LogP contribution < -0.4 is 10.5 Å². The number of rotatable bonds is 4. The van der Waals surface area contributed by atoms with E-state index in [1.165, 1.54) is 0 Å². The molecule has 0 unspecified atom stereocenters. The zero-order valence-electron chi connectivity index (χ0n) is 10.2. The van der Waals surface area contributed by atoms with Crippen molar-refractivity contribution in [2.24, 2.45) is 10.9 Å². The van der Waals surface area contributed by atoms with Gasteiger partial charge in [0, 0.05) is 0 Å². The van der Waals surface area contributed by atoms with Gasteiger partial charge in [-0.25, -0.2) is 0 Å². The topological polar surface area (TPSA) is 88.1 Å². The quantitative estimate of drug-likeness (QED) is 0.339. The van der Waals surface area contributed by atoms with Crippen molar-refractivity contribution in [3.05, 3.63) is 59.7 Å². The molecule has 2 aromatic rings.